The molecule has 104 valence electrons. The van der Waals surface area contributed by atoms with Gasteiger partial charge in [-0.05, 0) is 23.9 Å². The first kappa shape index (κ1) is 13.2. The van der Waals surface area contributed by atoms with Gasteiger partial charge in [-0.15, -0.1) is 11.3 Å². The summed E-state index contributed by atoms with van der Waals surface area (Å²) in [6.45, 7) is 2.03. The Morgan fingerprint density at radius 1 is 1.45 bits per heavy atom. The Morgan fingerprint density at radius 2 is 2.35 bits per heavy atom. The molecule has 0 aliphatic rings. The SMILES string of the molecule is CCCC(O)Cc1nc(-c2cnc3ccsc3c2)no1. The molecule has 3 heterocycles. The van der Waals surface area contributed by atoms with Crippen molar-refractivity contribution in [3.63, 3.8) is 0 Å². The predicted molar refractivity (Wildman–Crippen MR) is 77.5 cm³/mol. The zero-order valence-corrected chi connectivity index (χ0v) is 11.9. The Morgan fingerprint density at radius 3 is 3.20 bits per heavy atom. The largest absolute Gasteiger partial charge is 0.393 e. The molecule has 0 spiro atoms. The van der Waals surface area contributed by atoms with Crippen LogP contribution < -0.4 is 0 Å². The zero-order valence-electron chi connectivity index (χ0n) is 11.1. The lowest BCUT2D eigenvalue weighted by Crippen LogP contribution is -2.09. The molecule has 1 N–H and O–H groups in total. The van der Waals surface area contributed by atoms with E-state index in [2.05, 4.69) is 15.1 Å². The number of thiophene rings is 1. The van der Waals surface area contributed by atoms with E-state index in [4.69, 9.17) is 4.52 Å². The fourth-order valence-electron chi connectivity index (χ4n) is 2.06. The summed E-state index contributed by atoms with van der Waals surface area (Å²) in [6.07, 6.45) is 3.38. The second kappa shape index (κ2) is 5.68. The Balaban J connectivity index is 1.81. The van der Waals surface area contributed by atoms with E-state index in [0.717, 1.165) is 28.6 Å². The number of hydrogen-bond donors (Lipinski definition) is 1. The van der Waals surface area contributed by atoms with Gasteiger partial charge < -0.3 is 9.63 Å². The topological polar surface area (TPSA) is 72.0 Å². The van der Waals surface area contributed by atoms with Crippen molar-refractivity contribution in [3.8, 4) is 11.4 Å². The van der Waals surface area contributed by atoms with E-state index in [1.165, 1.54) is 0 Å². The smallest absolute Gasteiger partial charge is 0.229 e. The van der Waals surface area contributed by atoms with Gasteiger partial charge in [0.1, 0.15) is 0 Å². The molecular weight excluding hydrogens is 274 g/mol. The molecular formula is C14H15N3O2S. The number of hydrogen-bond acceptors (Lipinski definition) is 6. The number of pyridine rings is 1. The maximum Gasteiger partial charge on any atom is 0.229 e. The van der Waals surface area contributed by atoms with Crippen molar-refractivity contribution < 1.29 is 9.63 Å². The first-order valence-corrected chi connectivity index (χ1v) is 7.48. The molecule has 0 amide bonds. The molecule has 3 aromatic heterocycles. The van der Waals surface area contributed by atoms with Gasteiger partial charge in [-0.25, -0.2) is 0 Å². The fraction of sp³-hybridized carbons (Fsp3) is 0.357. The Kier molecular flexibility index (Phi) is 3.75. The van der Waals surface area contributed by atoms with Crippen LogP contribution in [0, 0.1) is 0 Å². The van der Waals surface area contributed by atoms with E-state index in [1.54, 1.807) is 17.5 Å². The number of aliphatic hydroxyl groups excluding tert-OH is 1. The number of rotatable bonds is 5. The third-order valence-corrected chi connectivity index (χ3v) is 3.91. The van der Waals surface area contributed by atoms with Crippen LogP contribution in [-0.2, 0) is 6.42 Å². The fourth-order valence-corrected chi connectivity index (χ4v) is 2.84. The van der Waals surface area contributed by atoms with Crippen molar-refractivity contribution in [2.45, 2.75) is 32.3 Å². The lowest BCUT2D eigenvalue weighted by molar-refractivity contribution is 0.152. The maximum atomic E-state index is 9.76. The van der Waals surface area contributed by atoms with E-state index in [-0.39, 0.29) is 0 Å². The first-order chi connectivity index (χ1) is 9.76. The van der Waals surface area contributed by atoms with Gasteiger partial charge in [0.25, 0.3) is 0 Å². The summed E-state index contributed by atoms with van der Waals surface area (Å²) in [5, 5.41) is 15.7. The average molecular weight is 289 g/mol. The summed E-state index contributed by atoms with van der Waals surface area (Å²) < 4.78 is 6.28. The van der Waals surface area contributed by atoms with E-state index in [1.807, 2.05) is 24.4 Å². The highest BCUT2D eigenvalue weighted by Crippen LogP contribution is 2.24. The van der Waals surface area contributed by atoms with Gasteiger partial charge in [-0.1, -0.05) is 18.5 Å². The number of aliphatic hydroxyl groups is 1. The standard InChI is InChI=1S/C14H15N3O2S/c1-2-3-10(18)7-13-16-14(17-19-13)9-6-12-11(15-8-9)4-5-20-12/h4-6,8,10,18H,2-3,7H2,1H3. The lowest BCUT2D eigenvalue weighted by atomic mass is 10.1. The predicted octanol–water partition coefficient (Wildman–Crippen LogP) is 3.05. The lowest BCUT2D eigenvalue weighted by Gasteiger charge is -2.03. The molecule has 3 aromatic rings. The van der Waals surface area contributed by atoms with Gasteiger partial charge in [0.15, 0.2) is 0 Å². The van der Waals surface area contributed by atoms with E-state index in [0.29, 0.717) is 18.1 Å². The van der Waals surface area contributed by atoms with Crippen LogP contribution in [0.2, 0.25) is 0 Å². The van der Waals surface area contributed by atoms with Crippen LogP contribution in [0.15, 0.2) is 28.2 Å². The third kappa shape index (κ3) is 2.71. The molecule has 5 nitrogen and oxygen atoms in total. The number of aromatic nitrogens is 3. The Bertz CT molecular complexity index is 707. The highest BCUT2D eigenvalue weighted by Gasteiger charge is 2.13. The summed E-state index contributed by atoms with van der Waals surface area (Å²) in [4.78, 5) is 8.68. The molecule has 0 radical (unpaired) electrons. The second-order valence-electron chi connectivity index (χ2n) is 4.69. The van der Waals surface area contributed by atoms with Gasteiger partial charge in [0.05, 0.1) is 22.7 Å². The van der Waals surface area contributed by atoms with Crippen LogP contribution in [0.3, 0.4) is 0 Å². The van der Waals surface area contributed by atoms with E-state index < -0.39 is 6.10 Å². The molecule has 0 bridgehead atoms. The molecule has 0 aliphatic heterocycles. The minimum atomic E-state index is -0.425. The highest BCUT2D eigenvalue weighted by atomic mass is 32.1. The minimum absolute atomic E-state index is 0.398. The van der Waals surface area contributed by atoms with Crippen LogP contribution in [0.4, 0.5) is 0 Å². The van der Waals surface area contributed by atoms with Crippen LogP contribution in [0.25, 0.3) is 21.6 Å². The quantitative estimate of drug-likeness (QED) is 0.781. The Labute approximate surface area is 120 Å². The third-order valence-electron chi connectivity index (χ3n) is 3.06. The molecule has 1 atom stereocenters. The van der Waals surface area contributed by atoms with Gasteiger partial charge >= 0.3 is 0 Å². The summed E-state index contributed by atoms with van der Waals surface area (Å²) in [5.41, 5.74) is 1.81. The van der Waals surface area contributed by atoms with Crippen molar-refractivity contribution in [2.75, 3.05) is 0 Å². The van der Waals surface area contributed by atoms with Gasteiger partial charge in [0, 0.05) is 11.8 Å². The van der Waals surface area contributed by atoms with Gasteiger partial charge in [0.2, 0.25) is 11.7 Å². The minimum Gasteiger partial charge on any atom is -0.393 e. The Hall–Kier alpha value is -1.79. The van der Waals surface area contributed by atoms with Crippen molar-refractivity contribution in [3.05, 3.63) is 29.6 Å². The van der Waals surface area contributed by atoms with Crippen LogP contribution in [-0.4, -0.2) is 26.3 Å². The zero-order chi connectivity index (χ0) is 13.9. The molecule has 0 fully saturated rings. The van der Waals surface area contributed by atoms with Crippen molar-refractivity contribution in [2.24, 2.45) is 0 Å². The summed E-state index contributed by atoms with van der Waals surface area (Å²) in [6, 6.07) is 3.98. The van der Waals surface area contributed by atoms with Crippen molar-refractivity contribution >= 4 is 21.6 Å². The molecule has 1 unspecified atom stereocenters. The van der Waals surface area contributed by atoms with E-state index >= 15 is 0 Å². The molecule has 0 saturated carbocycles. The molecule has 0 aliphatic carbocycles. The molecule has 20 heavy (non-hydrogen) atoms. The second-order valence-corrected chi connectivity index (χ2v) is 5.63. The summed E-state index contributed by atoms with van der Waals surface area (Å²) >= 11 is 1.63. The van der Waals surface area contributed by atoms with Crippen molar-refractivity contribution in [1.29, 1.82) is 0 Å². The molecule has 3 rings (SSSR count). The van der Waals surface area contributed by atoms with Crippen LogP contribution in [0.5, 0.6) is 0 Å². The van der Waals surface area contributed by atoms with Gasteiger partial charge in [-0.2, -0.15) is 4.98 Å². The molecule has 6 heteroatoms. The van der Waals surface area contributed by atoms with E-state index in [9.17, 15) is 5.11 Å². The normalized spacial score (nSPS) is 12.9. The maximum absolute atomic E-state index is 9.76. The molecule has 0 aromatic carbocycles. The highest BCUT2D eigenvalue weighted by molar-refractivity contribution is 7.17. The van der Waals surface area contributed by atoms with Gasteiger partial charge in [-0.3, -0.25) is 4.98 Å². The number of nitrogens with zero attached hydrogens (tertiary/aromatic N) is 3. The monoisotopic (exact) mass is 289 g/mol. The van der Waals surface area contributed by atoms with Crippen LogP contribution in [0.1, 0.15) is 25.7 Å². The summed E-state index contributed by atoms with van der Waals surface area (Å²) in [7, 11) is 0. The first-order valence-electron chi connectivity index (χ1n) is 6.60. The summed E-state index contributed by atoms with van der Waals surface area (Å²) in [5.74, 6) is 0.985. The average Bonchev–Trinajstić information content (AvgIpc) is 3.06. The molecule has 0 saturated heterocycles. The van der Waals surface area contributed by atoms with Crippen LogP contribution >= 0.6 is 11.3 Å². The van der Waals surface area contributed by atoms with Crippen molar-refractivity contribution in [1.82, 2.24) is 15.1 Å². The number of fused-ring (bicyclic) bond motifs is 1.